The van der Waals surface area contributed by atoms with E-state index in [1.807, 2.05) is 18.2 Å². The number of ketones is 1. The molecule has 1 heterocycles. The highest BCUT2D eigenvalue weighted by Crippen LogP contribution is 2.25. The van der Waals surface area contributed by atoms with Crippen molar-refractivity contribution in [1.29, 1.82) is 0 Å². The summed E-state index contributed by atoms with van der Waals surface area (Å²) in [5.74, 6) is 0.167. The third-order valence-corrected chi connectivity index (χ3v) is 2.47. The van der Waals surface area contributed by atoms with Crippen LogP contribution < -0.4 is 5.32 Å². The van der Waals surface area contributed by atoms with Gasteiger partial charge < -0.3 is 5.32 Å². The van der Waals surface area contributed by atoms with Crippen LogP contribution in [-0.4, -0.2) is 12.3 Å². The summed E-state index contributed by atoms with van der Waals surface area (Å²) in [5.41, 5.74) is 3.21. The minimum Gasteiger partial charge on any atom is -0.385 e. The second kappa shape index (κ2) is 3.21. The summed E-state index contributed by atoms with van der Waals surface area (Å²) in [7, 11) is 0. The van der Waals surface area contributed by atoms with Crippen LogP contribution >= 0.6 is 0 Å². The predicted molar refractivity (Wildman–Crippen MR) is 53.3 cm³/mol. The minimum atomic E-state index is 0.167. The topological polar surface area (TPSA) is 29.1 Å². The van der Waals surface area contributed by atoms with E-state index in [0.29, 0.717) is 0 Å². The van der Waals surface area contributed by atoms with Gasteiger partial charge in [0, 0.05) is 17.8 Å². The van der Waals surface area contributed by atoms with Gasteiger partial charge in [-0.25, -0.2) is 0 Å². The van der Waals surface area contributed by atoms with Crippen molar-refractivity contribution < 1.29 is 4.79 Å². The molecule has 0 spiro atoms. The summed E-state index contributed by atoms with van der Waals surface area (Å²) >= 11 is 0. The zero-order valence-electron chi connectivity index (χ0n) is 7.76. The molecule has 1 aliphatic heterocycles. The highest BCUT2D eigenvalue weighted by atomic mass is 16.1. The Hall–Kier alpha value is -1.31. The van der Waals surface area contributed by atoms with Crippen LogP contribution in [0.3, 0.4) is 0 Å². The van der Waals surface area contributed by atoms with Crippen molar-refractivity contribution in [2.45, 2.75) is 19.8 Å². The van der Waals surface area contributed by atoms with E-state index in [1.54, 1.807) is 6.92 Å². The molecule has 0 aliphatic carbocycles. The second-order valence-electron chi connectivity index (χ2n) is 3.42. The molecule has 0 atom stereocenters. The van der Waals surface area contributed by atoms with Gasteiger partial charge in [-0.3, -0.25) is 4.79 Å². The van der Waals surface area contributed by atoms with Gasteiger partial charge in [0.25, 0.3) is 0 Å². The van der Waals surface area contributed by atoms with Gasteiger partial charge in [0.05, 0.1) is 0 Å². The molecular formula is C11H13NO. The molecule has 2 heteroatoms. The van der Waals surface area contributed by atoms with Crippen LogP contribution in [0.15, 0.2) is 18.2 Å². The maximum atomic E-state index is 11.3. The molecular weight excluding hydrogens is 162 g/mol. The van der Waals surface area contributed by atoms with Crippen molar-refractivity contribution in [1.82, 2.24) is 0 Å². The molecule has 0 radical (unpaired) electrons. The molecule has 2 rings (SSSR count). The van der Waals surface area contributed by atoms with Crippen molar-refractivity contribution in [3.05, 3.63) is 29.3 Å². The van der Waals surface area contributed by atoms with E-state index in [9.17, 15) is 4.79 Å². The number of rotatable bonds is 1. The number of hydrogen-bond acceptors (Lipinski definition) is 2. The van der Waals surface area contributed by atoms with Gasteiger partial charge in [-0.1, -0.05) is 12.1 Å². The Bertz CT molecular complexity index is 344. The molecule has 1 aromatic carbocycles. The predicted octanol–water partition coefficient (Wildman–Crippen LogP) is 2.25. The van der Waals surface area contributed by atoms with Crippen molar-refractivity contribution >= 4 is 11.5 Å². The van der Waals surface area contributed by atoms with Crippen LogP contribution in [-0.2, 0) is 6.42 Å². The zero-order valence-corrected chi connectivity index (χ0v) is 7.76. The molecule has 1 aromatic rings. The van der Waals surface area contributed by atoms with E-state index in [4.69, 9.17) is 0 Å². The Morgan fingerprint density at radius 1 is 1.46 bits per heavy atom. The lowest BCUT2D eigenvalue weighted by atomic mass is 9.96. The Kier molecular flexibility index (Phi) is 2.05. The second-order valence-corrected chi connectivity index (χ2v) is 3.42. The highest BCUT2D eigenvalue weighted by molar-refractivity contribution is 5.97. The average Bonchev–Trinajstić information content (AvgIpc) is 2.17. The quantitative estimate of drug-likeness (QED) is 0.663. The molecule has 0 unspecified atom stereocenters. The van der Waals surface area contributed by atoms with Gasteiger partial charge in [0.15, 0.2) is 5.78 Å². The van der Waals surface area contributed by atoms with Crippen LogP contribution in [0.25, 0.3) is 0 Å². The third-order valence-electron chi connectivity index (χ3n) is 2.47. The summed E-state index contributed by atoms with van der Waals surface area (Å²) in [6, 6.07) is 5.89. The maximum absolute atomic E-state index is 11.3. The Morgan fingerprint density at radius 3 is 3.08 bits per heavy atom. The van der Waals surface area contributed by atoms with Crippen molar-refractivity contribution in [3.63, 3.8) is 0 Å². The van der Waals surface area contributed by atoms with Crippen LogP contribution in [0.5, 0.6) is 0 Å². The van der Waals surface area contributed by atoms with Crippen molar-refractivity contribution in [3.8, 4) is 0 Å². The fourth-order valence-corrected chi connectivity index (χ4v) is 1.84. The fourth-order valence-electron chi connectivity index (χ4n) is 1.84. The number of fused-ring (bicyclic) bond motifs is 1. The number of carbonyl (C=O) groups is 1. The lowest BCUT2D eigenvalue weighted by Crippen LogP contribution is -2.14. The smallest absolute Gasteiger partial charge is 0.160 e. The Labute approximate surface area is 78.0 Å². The van der Waals surface area contributed by atoms with Gasteiger partial charge in [-0.15, -0.1) is 0 Å². The van der Waals surface area contributed by atoms with Gasteiger partial charge in [-0.2, -0.15) is 0 Å². The molecule has 68 valence electrons. The van der Waals surface area contributed by atoms with Crippen LogP contribution in [0.2, 0.25) is 0 Å². The first-order valence-corrected chi connectivity index (χ1v) is 4.66. The lowest BCUT2D eigenvalue weighted by Gasteiger charge is -2.19. The van der Waals surface area contributed by atoms with Crippen LogP contribution in [0.1, 0.15) is 29.3 Å². The summed E-state index contributed by atoms with van der Waals surface area (Å²) in [6.07, 6.45) is 2.15. The van der Waals surface area contributed by atoms with Crippen LogP contribution in [0.4, 0.5) is 5.69 Å². The molecule has 1 N–H and O–H groups in total. The molecule has 0 saturated heterocycles. The molecule has 2 nitrogen and oxygen atoms in total. The van der Waals surface area contributed by atoms with Crippen molar-refractivity contribution in [2.24, 2.45) is 0 Å². The molecule has 0 fully saturated rings. The van der Waals surface area contributed by atoms with Gasteiger partial charge >= 0.3 is 0 Å². The number of hydrogen-bond donors (Lipinski definition) is 1. The first-order chi connectivity index (χ1) is 6.29. The third kappa shape index (κ3) is 1.44. The zero-order chi connectivity index (χ0) is 9.26. The van der Waals surface area contributed by atoms with E-state index in [2.05, 4.69) is 5.32 Å². The van der Waals surface area contributed by atoms with E-state index < -0.39 is 0 Å². The number of benzene rings is 1. The summed E-state index contributed by atoms with van der Waals surface area (Å²) < 4.78 is 0. The summed E-state index contributed by atoms with van der Waals surface area (Å²) in [4.78, 5) is 11.3. The van der Waals surface area contributed by atoms with Crippen molar-refractivity contribution in [2.75, 3.05) is 11.9 Å². The largest absolute Gasteiger partial charge is 0.385 e. The van der Waals surface area contributed by atoms with E-state index in [1.165, 1.54) is 5.56 Å². The maximum Gasteiger partial charge on any atom is 0.160 e. The number of anilines is 1. The Morgan fingerprint density at radius 2 is 2.31 bits per heavy atom. The van der Waals surface area contributed by atoms with E-state index >= 15 is 0 Å². The first-order valence-electron chi connectivity index (χ1n) is 4.66. The lowest BCUT2D eigenvalue weighted by molar-refractivity contribution is 0.101. The Balaban J connectivity index is 2.52. The molecule has 0 saturated carbocycles. The molecule has 0 aromatic heterocycles. The van der Waals surface area contributed by atoms with Gasteiger partial charge in [0.2, 0.25) is 0 Å². The highest BCUT2D eigenvalue weighted by Gasteiger charge is 2.13. The monoisotopic (exact) mass is 175 g/mol. The SMILES string of the molecule is CC(=O)c1cccc2c1CCCN2. The minimum absolute atomic E-state index is 0.167. The summed E-state index contributed by atoms with van der Waals surface area (Å²) in [6.45, 7) is 2.65. The number of carbonyl (C=O) groups excluding carboxylic acids is 1. The normalized spacial score (nSPS) is 14.5. The number of Topliss-reactive ketones (excluding diaryl/α,β-unsaturated/α-hetero) is 1. The standard InChI is InChI=1S/C11H13NO/c1-8(13)9-4-2-6-11-10(9)5-3-7-12-11/h2,4,6,12H,3,5,7H2,1H3. The molecule has 13 heavy (non-hydrogen) atoms. The molecule has 0 bridgehead atoms. The van der Waals surface area contributed by atoms with Gasteiger partial charge in [-0.05, 0) is 31.4 Å². The van der Waals surface area contributed by atoms with E-state index in [-0.39, 0.29) is 5.78 Å². The van der Waals surface area contributed by atoms with E-state index in [0.717, 1.165) is 30.6 Å². The molecule has 1 aliphatic rings. The molecule has 0 amide bonds. The summed E-state index contributed by atoms with van der Waals surface area (Å²) in [5, 5.41) is 3.31. The first kappa shape index (κ1) is 8.30. The number of nitrogens with one attached hydrogen (secondary N) is 1. The van der Waals surface area contributed by atoms with Gasteiger partial charge in [0.1, 0.15) is 0 Å². The average molecular weight is 175 g/mol. The fraction of sp³-hybridized carbons (Fsp3) is 0.364. The van der Waals surface area contributed by atoms with Crippen LogP contribution in [0, 0.1) is 0 Å².